The molecule has 2 aromatic carbocycles. The van der Waals surface area contributed by atoms with Crippen LogP contribution in [0.25, 0.3) is 10.9 Å². The monoisotopic (exact) mass is 373 g/mol. The maximum atomic E-state index is 14.0. The fourth-order valence-electron chi connectivity index (χ4n) is 2.48. The van der Waals surface area contributed by atoms with Crippen molar-refractivity contribution in [1.82, 2.24) is 10.3 Å². The summed E-state index contributed by atoms with van der Waals surface area (Å²) in [5.74, 6) is -2.31. The van der Waals surface area contributed by atoms with Gasteiger partial charge in [0.2, 0.25) is 11.3 Å². The molecule has 6 nitrogen and oxygen atoms in total. The molecule has 132 valence electrons. The molecule has 8 heteroatoms. The second-order valence-electron chi connectivity index (χ2n) is 5.59. The Morgan fingerprint density at radius 2 is 1.88 bits per heavy atom. The lowest BCUT2D eigenvalue weighted by Gasteiger charge is -2.07. The number of pyridine rings is 1. The number of amides is 2. The van der Waals surface area contributed by atoms with Crippen molar-refractivity contribution in [2.75, 3.05) is 0 Å². The smallest absolute Gasteiger partial charge is 0.257 e. The van der Waals surface area contributed by atoms with Crippen LogP contribution in [0.3, 0.4) is 0 Å². The first kappa shape index (κ1) is 17.6. The SMILES string of the molecule is NC(=O)c1cc(F)c2[nH]cc(C(=O)NCc3ccc(Cl)cc3)c(=O)c2c1. The summed E-state index contributed by atoms with van der Waals surface area (Å²) in [6.45, 7) is 0.184. The molecule has 1 heterocycles. The lowest BCUT2D eigenvalue weighted by Crippen LogP contribution is -2.28. The van der Waals surface area contributed by atoms with Crippen LogP contribution in [0, 0.1) is 5.82 Å². The molecule has 0 aliphatic rings. The largest absolute Gasteiger partial charge is 0.366 e. The van der Waals surface area contributed by atoms with Crippen LogP contribution in [-0.2, 0) is 6.54 Å². The second kappa shape index (κ2) is 6.97. The van der Waals surface area contributed by atoms with Crippen molar-refractivity contribution in [3.05, 3.63) is 80.3 Å². The van der Waals surface area contributed by atoms with Crippen LogP contribution < -0.4 is 16.5 Å². The van der Waals surface area contributed by atoms with Gasteiger partial charge in [-0.05, 0) is 29.8 Å². The van der Waals surface area contributed by atoms with E-state index in [1.807, 2.05) is 0 Å². The topological polar surface area (TPSA) is 105 Å². The standard InChI is InChI=1S/C18H13ClFN3O3/c19-11-3-1-9(2-4-11)7-23-18(26)13-8-22-15-12(16(13)24)5-10(17(21)25)6-14(15)20/h1-6,8H,7H2,(H2,21,25)(H,22,24)(H,23,26). The van der Waals surface area contributed by atoms with E-state index in [0.29, 0.717) is 5.02 Å². The number of carbonyl (C=O) groups is 2. The van der Waals surface area contributed by atoms with Gasteiger partial charge in [-0.25, -0.2) is 4.39 Å². The molecule has 0 bridgehead atoms. The maximum absolute atomic E-state index is 14.0. The molecule has 0 atom stereocenters. The molecular weight excluding hydrogens is 361 g/mol. The highest BCUT2D eigenvalue weighted by molar-refractivity contribution is 6.30. The Kier molecular flexibility index (Phi) is 4.73. The molecule has 3 aromatic rings. The molecule has 2 amide bonds. The number of halogens is 2. The van der Waals surface area contributed by atoms with Crippen LogP contribution in [0.1, 0.15) is 26.3 Å². The normalized spacial score (nSPS) is 10.7. The Morgan fingerprint density at radius 1 is 1.19 bits per heavy atom. The van der Waals surface area contributed by atoms with Crippen LogP contribution in [0.2, 0.25) is 5.02 Å². The predicted molar refractivity (Wildman–Crippen MR) is 95.7 cm³/mol. The zero-order chi connectivity index (χ0) is 18.8. The highest BCUT2D eigenvalue weighted by Gasteiger charge is 2.16. The lowest BCUT2D eigenvalue weighted by molar-refractivity contribution is 0.0948. The minimum atomic E-state index is -0.872. The number of primary amides is 1. The predicted octanol–water partition coefficient (Wildman–Crippen LogP) is 2.35. The van der Waals surface area contributed by atoms with E-state index in [-0.39, 0.29) is 28.6 Å². The lowest BCUT2D eigenvalue weighted by atomic mass is 10.1. The molecular formula is C18H13ClFN3O3. The summed E-state index contributed by atoms with van der Waals surface area (Å²) >= 11 is 5.80. The summed E-state index contributed by atoms with van der Waals surface area (Å²) in [5, 5.41) is 3.05. The van der Waals surface area contributed by atoms with E-state index in [9.17, 15) is 18.8 Å². The molecule has 0 saturated heterocycles. The number of H-pyrrole nitrogens is 1. The zero-order valence-electron chi connectivity index (χ0n) is 13.3. The molecule has 0 radical (unpaired) electrons. The molecule has 0 fully saturated rings. The van der Waals surface area contributed by atoms with Gasteiger partial charge in [0.05, 0.1) is 10.9 Å². The Bertz CT molecular complexity index is 1080. The van der Waals surface area contributed by atoms with Crippen LogP contribution in [-0.4, -0.2) is 16.8 Å². The van der Waals surface area contributed by atoms with Crippen LogP contribution in [0.15, 0.2) is 47.4 Å². The molecule has 0 aliphatic carbocycles. The van der Waals surface area contributed by atoms with Crippen molar-refractivity contribution in [2.24, 2.45) is 5.73 Å². The third-order valence-corrected chi connectivity index (χ3v) is 4.09. The molecule has 0 unspecified atom stereocenters. The number of nitrogens with two attached hydrogens (primary N) is 1. The summed E-state index contributed by atoms with van der Waals surface area (Å²) in [7, 11) is 0. The Hall–Kier alpha value is -3.19. The first-order valence-corrected chi connectivity index (χ1v) is 7.92. The summed E-state index contributed by atoms with van der Waals surface area (Å²) in [4.78, 5) is 38.7. The van der Waals surface area contributed by atoms with Crippen molar-refractivity contribution in [3.8, 4) is 0 Å². The van der Waals surface area contributed by atoms with Gasteiger partial charge in [-0.1, -0.05) is 23.7 Å². The van der Waals surface area contributed by atoms with E-state index >= 15 is 0 Å². The van der Waals surface area contributed by atoms with Gasteiger partial charge in [-0.2, -0.15) is 0 Å². The van der Waals surface area contributed by atoms with Crippen LogP contribution in [0.5, 0.6) is 0 Å². The summed E-state index contributed by atoms with van der Waals surface area (Å²) in [5.41, 5.74) is 4.77. The second-order valence-corrected chi connectivity index (χ2v) is 6.02. The molecule has 0 saturated carbocycles. The highest BCUT2D eigenvalue weighted by Crippen LogP contribution is 2.16. The number of aromatic nitrogens is 1. The average molecular weight is 374 g/mol. The van der Waals surface area contributed by atoms with Gasteiger partial charge in [0.25, 0.3) is 5.91 Å². The van der Waals surface area contributed by atoms with Gasteiger partial charge in [-0.15, -0.1) is 0 Å². The fourth-order valence-corrected chi connectivity index (χ4v) is 2.60. The first-order chi connectivity index (χ1) is 12.4. The van der Waals surface area contributed by atoms with Crippen LogP contribution in [0.4, 0.5) is 4.39 Å². The van der Waals surface area contributed by atoms with Gasteiger partial charge in [0, 0.05) is 23.3 Å². The van der Waals surface area contributed by atoms with Crippen molar-refractivity contribution in [3.63, 3.8) is 0 Å². The van der Waals surface area contributed by atoms with Crippen molar-refractivity contribution < 1.29 is 14.0 Å². The van der Waals surface area contributed by atoms with E-state index in [0.717, 1.165) is 23.9 Å². The number of hydrogen-bond acceptors (Lipinski definition) is 3. The van der Waals surface area contributed by atoms with E-state index in [2.05, 4.69) is 10.3 Å². The van der Waals surface area contributed by atoms with Gasteiger partial charge in [0.1, 0.15) is 11.4 Å². The van der Waals surface area contributed by atoms with Gasteiger partial charge in [0.15, 0.2) is 0 Å². The number of hydrogen-bond donors (Lipinski definition) is 3. The third-order valence-electron chi connectivity index (χ3n) is 3.84. The third kappa shape index (κ3) is 3.43. The first-order valence-electron chi connectivity index (χ1n) is 7.54. The molecule has 3 rings (SSSR count). The number of fused-ring (bicyclic) bond motifs is 1. The zero-order valence-corrected chi connectivity index (χ0v) is 14.1. The maximum Gasteiger partial charge on any atom is 0.257 e. The molecule has 0 aliphatic heterocycles. The van der Waals surface area contributed by atoms with Gasteiger partial charge in [-0.3, -0.25) is 14.4 Å². The number of carbonyl (C=O) groups excluding carboxylic acids is 2. The molecule has 26 heavy (non-hydrogen) atoms. The average Bonchev–Trinajstić information content (AvgIpc) is 2.61. The number of benzene rings is 2. The molecule has 0 spiro atoms. The Labute approximate surface area is 151 Å². The van der Waals surface area contributed by atoms with E-state index in [4.69, 9.17) is 17.3 Å². The Morgan fingerprint density at radius 3 is 2.54 bits per heavy atom. The summed E-state index contributed by atoms with van der Waals surface area (Å²) in [6.07, 6.45) is 1.13. The minimum Gasteiger partial charge on any atom is -0.366 e. The van der Waals surface area contributed by atoms with Gasteiger partial charge >= 0.3 is 0 Å². The van der Waals surface area contributed by atoms with Gasteiger partial charge < -0.3 is 16.0 Å². The Balaban J connectivity index is 1.93. The van der Waals surface area contributed by atoms with E-state index in [1.165, 1.54) is 0 Å². The summed E-state index contributed by atoms with van der Waals surface area (Å²) in [6, 6.07) is 8.93. The van der Waals surface area contributed by atoms with E-state index < -0.39 is 23.1 Å². The summed E-state index contributed by atoms with van der Waals surface area (Å²) < 4.78 is 14.0. The number of rotatable bonds is 4. The van der Waals surface area contributed by atoms with Crippen LogP contribution >= 0.6 is 11.6 Å². The fraction of sp³-hybridized carbons (Fsp3) is 0.0556. The van der Waals surface area contributed by atoms with Crippen molar-refractivity contribution in [2.45, 2.75) is 6.54 Å². The van der Waals surface area contributed by atoms with Crippen molar-refractivity contribution >= 4 is 34.3 Å². The quantitative estimate of drug-likeness (QED) is 0.653. The molecule has 1 aromatic heterocycles. The van der Waals surface area contributed by atoms with E-state index in [1.54, 1.807) is 24.3 Å². The number of aromatic amines is 1. The highest BCUT2D eigenvalue weighted by atomic mass is 35.5. The molecule has 4 N–H and O–H groups in total. The number of nitrogens with one attached hydrogen (secondary N) is 2. The minimum absolute atomic E-state index is 0.103. The van der Waals surface area contributed by atoms with Crippen molar-refractivity contribution in [1.29, 1.82) is 0 Å².